The Kier molecular flexibility index (Phi) is 4.38. The summed E-state index contributed by atoms with van der Waals surface area (Å²) in [6, 6.07) is 3.71. The number of hydrogen-bond donors (Lipinski definition) is 2. The van der Waals surface area contributed by atoms with Gasteiger partial charge < -0.3 is 15.4 Å². The zero-order valence-electron chi connectivity index (χ0n) is 12.6. The lowest BCUT2D eigenvalue weighted by Gasteiger charge is -2.47. The Morgan fingerprint density at radius 2 is 2.23 bits per heavy atom. The molecular formula is C16H21N3O3. The van der Waals surface area contributed by atoms with E-state index < -0.39 is 0 Å². The molecule has 6 heteroatoms. The van der Waals surface area contributed by atoms with Crippen molar-refractivity contribution in [3.63, 3.8) is 0 Å². The number of rotatable bonds is 5. The molecule has 118 valence electrons. The third kappa shape index (κ3) is 3.11. The van der Waals surface area contributed by atoms with Crippen LogP contribution in [0.4, 0.5) is 0 Å². The molecule has 0 bridgehead atoms. The molecular weight excluding hydrogens is 282 g/mol. The number of pyridine rings is 1. The predicted molar refractivity (Wildman–Crippen MR) is 79.9 cm³/mol. The summed E-state index contributed by atoms with van der Waals surface area (Å²) in [5.41, 5.74) is 1.05. The fraction of sp³-hybridized carbons (Fsp3) is 0.562. The summed E-state index contributed by atoms with van der Waals surface area (Å²) in [6.45, 7) is 2.19. The molecule has 2 amide bonds. The topological polar surface area (TPSA) is 80.3 Å². The van der Waals surface area contributed by atoms with E-state index in [-0.39, 0.29) is 30.0 Å². The minimum Gasteiger partial charge on any atom is -0.376 e. The van der Waals surface area contributed by atoms with Crippen LogP contribution in [0.1, 0.15) is 25.3 Å². The van der Waals surface area contributed by atoms with E-state index in [2.05, 4.69) is 15.6 Å². The van der Waals surface area contributed by atoms with Crippen molar-refractivity contribution in [2.75, 3.05) is 6.61 Å². The third-order valence-electron chi connectivity index (χ3n) is 4.45. The molecule has 0 aromatic carbocycles. The Morgan fingerprint density at radius 1 is 1.36 bits per heavy atom. The highest BCUT2D eigenvalue weighted by Gasteiger charge is 2.54. The fourth-order valence-electron chi connectivity index (χ4n) is 3.37. The van der Waals surface area contributed by atoms with Gasteiger partial charge in [0.25, 0.3) is 0 Å². The first-order chi connectivity index (χ1) is 10.6. The summed E-state index contributed by atoms with van der Waals surface area (Å²) in [5.74, 6) is 0.238. The van der Waals surface area contributed by atoms with Gasteiger partial charge in [-0.05, 0) is 24.5 Å². The normalized spacial score (nSPS) is 29.3. The average Bonchev–Trinajstić information content (AvgIpc) is 2.94. The second-order valence-corrected chi connectivity index (χ2v) is 5.97. The molecule has 2 fully saturated rings. The van der Waals surface area contributed by atoms with E-state index in [0.717, 1.165) is 12.0 Å². The van der Waals surface area contributed by atoms with Crippen LogP contribution < -0.4 is 10.6 Å². The molecule has 4 atom stereocenters. The molecule has 1 aromatic rings. The van der Waals surface area contributed by atoms with Crippen LogP contribution in [0.15, 0.2) is 24.5 Å². The number of hydrogen-bond acceptors (Lipinski definition) is 4. The highest BCUT2D eigenvalue weighted by Crippen LogP contribution is 2.39. The molecule has 0 spiro atoms. The van der Waals surface area contributed by atoms with Gasteiger partial charge in [-0.3, -0.25) is 14.6 Å². The summed E-state index contributed by atoms with van der Waals surface area (Å²) in [7, 11) is 0. The second kappa shape index (κ2) is 6.44. The molecule has 0 radical (unpaired) electrons. The number of aromatic nitrogens is 1. The smallest absolute Gasteiger partial charge is 0.220 e. The van der Waals surface area contributed by atoms with Crippen molar-refractivity contribution in [1.82, 2.24) is 15.6 Å². The maximum absolute atomic E-state index is 12.2. The lowest BCUT2D eigenvalue weighted by Crippen LogP contribution is -2.70. The summed E-state index contributed by atoms with van der Waals surface area (Å²) < 4.78 is 5.63. The maximum Gasteiger partial charge on any atom is 0.220 e. The van der Waals surface area contributed by atoms with Crippen LogP contribution >= 0.6 is 0 Å². The van der Waals surface area contributed by atoms with Gasteiger partial charge in [-0.25, -0.2) is 0 Å². The third-order valence-corrected chi connectivity index (χ3v) is 4.45. The lowest BCUT2D eigenvalue weighted by molar-refractivity contribution is -0.130. The average molecular weight is 303 g/mol. The molecule has 1 saturated heterocycles. The first-order valence-electron chi connectivity index (χ1n) is 7.72. The Bertz CT molecular complexity index is 549. The standard InChI is InChI=1S/C16H21N3O3/c1-10(20)18-15-14(12-6-8-22-16(12)15)19-13(21)5-4-11-3-2-7-17-9-11/h2-3,7,9,12,14-16H,4-6,8H2,1H3,(H,18,20)(H,19,21)/t12-,14+,15-,16-/m1/s1. The molecule has 2 N–H and O–H groups in total. The van der Waals surface area contributed by atoms with E-state index in [4.69, 9.17) is 4.74 Å². The van der Waals surface area contributed by atoms with Crippen molar-refractivity contribution >= 4 is 11.8 Å². The minimum absolute atomic E-state index is 0.00885. The molecule has 1 aliphatic heterocycles. The van der Waals surface area contributed by atoms with Gasteiger partial charge in [-0.15, -0.1) is 0 Å². The first kappa shape index (κ1) is 15.0. The Morgan fingerprint density at radius 3 is 2.95 bits per heavy atom. The SMILES string of the molecule is CC(=O)N[C@@H]1[C@@H](NC(=O)CCc2cccnc2)[C@H]2CCO[C@H]21. The number of amides is 2. The van der Waals surface area contributed by atoms with Crippen LogP contribution in [0.2, 0.25) is 0 Å². The summed E-state index contributed by atoms with van der Waals surface area (Å²) >= 11 is 0. The molecule has 6 nitrogen and oxygen atoms in total. The van der Waals surface area contributed by atoms with Crippen molar-refractivity contribution in [2.24, 2.45) is 5.92 Å². The predicted octanol–water partition coefficient (Wildman–Crippen LogP) is 0.422. The highest BCUT2D eigenvalue weighted by atomic mass is 16.5. The zero-order valence-corrected chi connectivity index (χ0v) is 12.6. The van der Waals surface area contributed by atoms with Crippen molar-refractivity contribution in [1.29, 1.82) is 0 Å². The van der Waals surface area contributed by atoms with E-state index in [9.17, 15) is 9.59 Å². The van der Waals surface area contributed by atoms with E-state index in [1.54, 1.807) is 12.4 Å². The Labute approximate surface area is 129 Å². The summed E-state index contributed by atoms with van der Waals surface area (Å²) in [4.78, 5) is 27.5. The van der Waals surface area contributed by atoms with Gasteiger partial charge in [0.05, 0.1) is 18.2 Å². The van der Waals surface area contributed by atoms with Crippen molar-refractivity contribution in [2.45, 2.75) is 44.4 Å². The number of carbonyl (C=O) groups excluding carboxylic acids is 2. The zero-order chi connectivity index (χ0) is 15.5. The van der Waals surface area contributed by atoms with Gasteiger partial charge in [-0.2, -0.15) is 0 Å². The minimum atomic E-state index is -0.104. The molecule has 2 heterocycles. The molecule has 22 heavy (non-hydrogen) atoms. The number of carbonyl (C=O) groups is 2. The highest BCUT2D eigenvalue weighted by molar-refractivity contribution is 5.77. The fourth-order valence-corrected chi connectivity index (χ4v) is 3.37. The van der Waals surface area contributed by atoms with Gasteiger partial charge >= 0.3 is 0 Å². The van der Waals surface area contributed by atoms with Crippen LogP contribution in [0, 0.1) is 5.92 Å². The molecule has 0 unspecified atom stereocenters. The monoisotopic (exact) mass is 303 g/mol. The van der Waals surface area contributed by atoms with Crippen LogP contribution in [-0.4, -0.2) is 41.6 Å². The van der Waals surface area contributed by atoms with E-state index in [1.807, 2.05) is 12.1 Å². The van der Waals surface area contributed by atoms with Crippen LogP contribution in [0.5, 0.6) is 0 Å². The van der Waals surface area contributed by atoms with Crippen LogP contribution in [0.3, 0.4) is 0 Å². The van der Waals surface area contributed by atoms with E-state index in [0.29, 0.717) is 25.4 Å². The maximum atomic E-state index is 12.2. The Balaban J connectivity index is 1.52. The lowest BCUT2D eigenvalue weighted by atomic mass is 9.71. The molecule has 1 aromatic heterocycles. The molecule has 3 rings (SSSR count). The molecule has 1 saturated carbocycles. The van der Waals surface area contributed by atoms with E-state index >= 15 is 0 Å². The first-order valence-corrected chi connectivity index (χ1v) is 7.72. The number of nitrogens with one attached hydrogen (secondary N) is 2. The van der Waals surface area contributed by atoms with Crippen molar-refractivity contribution in [3.05, 3.63) is 30.1 Å². The largest absolute Gasteiger partial charge is 0.376 e. The van der Waals surface area contributed by atoms with Gasteiger partial charge in [0, 0.05) is 38.3 Å². The van der Waals surface area contributed by atoms with Crippen LogP contribution in [0.25, 0.3) is 0 Å². The number of ether oxygens (including phenoxy) is 1. The van der Waals surface area contributed by atoms with Crippen LogP contribution in [-0.2, 0) is 20.7 Å². The van der Waals surface area contributed by atoms with Crippen molar-refractivity contribution < 1.29 is 14.3 Å². The van der Waals surface area contributed by atoms with Crippen molar-refractivity contribution in [3.8, 4) is 0 Å². The van der Waals surface area contributed by atoms with Gasteiger partial charge in [0.2, 0.25) is 11.8 Å². The summed E-state index contributed by atoms with van der Waals surface area (Å²) in [5, 5.41) is 5.95. The number of aryl methyl sites for hydroxylation is 1. The van der Waals surface area contributed by atoms with Gasteiger partial charge in [0.1, 0.15) is 0 Å². The Hall–Kier alpha value is -1.95. The molecule has 1 aliphatic carbocycles. The van der Waals surface area contributed by atoms with E-state index in [1.165, 1.54) is 6.92 Å². The quantitative estimate of drug-likeness (QED) is 0.826. The van der Waals surface area contributed by atoms with Gasteiger partial charge in [0.15, 0.2) is 0 Å². The summed E-state index contributed by atoms with van der Waals surface area (Å²) in [6.07, 6.45) is 5.57. The van der Waals surface area contributed by atoms with Gasteiger partial charge in [-0.1, -0.05) is 6.07 Å². The number of fused-ring (bicyclic) bond motifs is 1. The second-order valence-electron chi connectivity index (χ2n) is 5.97. The number of nitrogens with zero attached hydrogens (tertiary/aromatic N) is 1. The molecule has 2 aliphatic rings.